The van der Waals surface area contributed by atoms with E-state index in [1.165, 1.54) is 11.3 Å². The molecule has 0 unspecified atom stereocenters. The maximum absolute atomic E-state index is 12.5. The Morgan fingerprint density at radius 3 is 2.91 bits per heavy atom. The van der Waals surface area contributed by atoms with Crippen LogP contribution in [0.4, 0.5) is 13.2 Å². The Bertz CT molecular complexity index is 710. The molecule has 22 heavy (non-hydrogen) atoms. The van der Waals surface area contributed by atoms with Gasteiger partial charge in [0.05, 0.1) is 11.4 Å². The molecule has 1 aliphatic heterocycles. The van der Waals surface area contributed by atoms with E-state index in [0.717, 1.165) is 10.4 Å². The largest absolute Gasteiger partial charge is 0.480 e. The summed E-state index contributed by atoms with van der Waals surface area (Å²) < 4.78 is 41.6. The number of rotatable bonds is 3. The molecule has 0 bridgehead atoms. The van der Waals surface area contributed by atoms with E-state index in [-0.39, 0.29) is 12.4 Å². The number of nitrogens with zero attached hydrogens (tertiary/aromatic N) is 3. The van der Waals surface area contributed by atoms with E-state index in [0.29, 0.717) is 24.4 Å². The molecule has 0 spiro atoms. The van der Waals surface area contributed by atoms with Crippen LogP contribution in [0.3, 0.4) is 0 Å². The summed E-state index contributed by atoms with van der Waals surface area (Å²) in [6.07, 6.45) is -4.02. The molecule has 0 fully saturated rings. The van der Waals surface area contributed by atoms with Crippen molar-refractivity contribution in [1.82, 2.24) is 15.0 Å². The first-order valence-electron chi connectivity index (χ1n) is 6.30. The van der Waals surface area contributed by atoms with Crippen LogP contribution in [0.5, 0.6) is 0 Å². The van der Waals surface area contributed by atoms with Crippen molar-refractivity contribution < 1.29 is 27.6 Å². The molecule has 1 N–H and O–H groups in total. The summed E-state index contributed by atoms with van der Waals surface area (Å²) in [4.78, 5) is 17.3. The lowest BCUT2D eigenvalue weighted by molar-refractivity contribution is -0.159. The normalized spacial score (nSPS) is 15.8. The van der Waals surface area contributed by atoms with Gasteiger partial charge in [-0.05, 0) is 18.1 Å². The van der Waals surface area contributed by atoms with Crippen LogP contribution < -0.4 is 0 Å². The van der Waals surface area contributed by atoms with E-state index in [1.807, 2.05) is 0 Å². The van der Waals surface area contributed by atoms with Gasteiger partial charge in [0.15, 0.2) is 0 Å². The Balaban J connectivity index is 1.82. The summed E-state index contributed by atoms with van der Waals surface area (Å²) in [6, 6.07) is 1.69. The second-order valence-corrected chi connectivity index (χ2v) is 5.97. The average molecular weight is 333 g/mol. The van der Waals surface area contributed by atoms with Gasteiger partial charge in [0.1, 0.15) is 0 Å². The number of carboxylic acid groups (broad SMARTS) is 1. The zero-order chi connectivity index (χ0) is 15.9. The number of hydrogen-bond donors (Lipinski definition) is 1. The molecule has 0 saturated heterocycles. The first kappa shape index (κ1) is 15.0. The van der Waals surface area contributed by atoms with Crippen LogP contribution in [0.1, 0.15) is 16.3 Å². The molecule has 10 heteroatoms. The Morgan fingerprint density at radius 1 is 1.50 bits per heavy atom. The summed E-state index contributed by atoms with van der Waals surface area (Å²) in [5.74, 6) is -2.38. The van der Waals surface area contributed by atoms with Crippen molar-refractivity contribution in [3.8, 4) is 10.7 Å². The molecule has 0 aliphatic carbocycles. The summed E-state index contributed by atoms with van der Waals surface area (Å²) in [7, 11) is 0. The van der Waals surface area contributed by atoms with Crippen LogP contribution in [0.25, 0.3) is 10.7 Å². The highest BCUT2D eigenvalue weighted by atomic mass is 32.1. The van der Waals surface area contributed by atoms with Gasteiger partial charge in [0.2, 0.25) is 5.82 Å². The minimum atomic E-state index is -4.67. The molecular formula is C12H10F3N3O3S. The predicted molar refractivity (Wildman–Crippen MR) is 69.2 cm³/mol. The van der Waals surface area contributed by atoms with E-state index >= 15 is 0 Å². The molecule has 0 amide bonds. The number of fused-ring (bicyclic) bond motifs is 1. The molecule has 6 nitrogen and oxygen atoms in total. The van der Waals surface area contributed by atoms with Gasteiger partial charge in [0, 0.05) is 18.0 Å². The lowest BCUT2D eigenvalue weighted by Crippen LogP contribution is -2.34. The first-order chi connectivity index (χ1) is 10.3. The van der Waals surface area contributed by atoms with Crippen LogP contribution in [0.15, 0.2) is 10.6 Å². The summed E-state index contributed by atoms with van der Waals surface area (Å²) in [5.41, 5.74) is 0.894. The van der Waals surface area contributed by atoms with Crippen molar-refractivity contribution in [3.63, 3.8) is 0 Å². The third-order valence-corrected chi connectivity index (χ3v) is 4.43. The Hall–Kier alpha value is -1.94. The Morgan fingerprint density at radius 2 is 2.27 bits per heavy atom. The molecule has 0 radical (unpaired) electrons. The molecule has 2 aromatic rings. The van der Waals surface area contributed by atoms with Gasteiger partial charge >= 0.3 is 18.0 Å². The fraction of sp³-hybridized carbons (Fsp3) is 0.417. The number of aromatic nitrogens is 2. The molecule has 2 aromatic heterocycles. The summed E-state index contributed by atoms with van der Waals surface area (Å²) >= 11 is 1.31. The van der Waals surface area contributed by atoms with E-state index in [9.17, 15) is 18.0 Å². The second kappa shape index (κ2) is 5.36. The molecule has 118 valence electrons. The maximum atomic E-state index is 12.5. The minimum absolute atomic E-state index is 0.0644. The number of carboxylic acids is 1. The van der Waals surface area contributed by atoms with Crippen molar-refractivity contribution >= 4 is 17.3 Å². The minimum Gasteiger partial charge on any atom is -0.480 e. The van der Waals surface area contributed by atoms with Crippen LogP contribution >= 0.6 is 11.3 Å². The third kappa shape index (κ3) is 2.97. The number of carbonyl (C=O) groups is 1. The van der Waals surface area contributed by atoms with Gasteiger partial charge in [-0.15, -0.1) is 11.3 Å². The van der Waals surface area contributed by atoms with Gasteiger partial charge in [-0.1, -0.05) is 5.16 Å². The van der Waals surface area contributed by atoms with E-state index in [2.05, 4.69) is 14.7 Å². The standard InChI is InChI=1S/C12H10F3N3O3S/c13-12(14,15)11-16-10(17-21-11)8-3-6-4-18(5-9(19)20)2-1-7(6)22-8/h3H,1-2,4-5H2,(H,19,20). The van der Waals surface area contributed by atoms with E-state index in [1.54, 1.807) is 11.0 Å². The topological polar surface area (TPSA) is 79.5 Å². The number of thiophene rings is 1. The molecular weight excluding hydrogens is 323 g/mol. The highest BCUT2D eigenvalue weighted by Crippen LogP contribution is 2.35. The van der Waals surface area contributed by atoms with E-state index in [4.69, 9.17) is 5.11 Å². The highest BCUT2D eigenvalue weighted by molar-refractivity contribution is 7.15. The van der Waals surface area contributed by atoms with Crippen molar-refractivity contribution in [2.75, 3.05) is 13.1 Å². The van der Waals surface area contributed by atoms with Crippen LogP contribution in [0.2, 0.25) is 0 Å². The molecule has 1 aliphatic rings. The molecule has 3 rings (SSSR count). The lowest BCUT2D eigenvalue weighted by Gasteiger charge is -2.24. The predicted octanol–water partition coefficient (Wildman–Crippen LogP) is 2.26. The summed E-state index contributed by atoms with van der Waals surface area (Å²) in [5, 5.41) is 12.2. The van der Waals surface area contributed by atoms with Gasteiger partial charge in [-0.3, -0.25) is 9.69 Å². The smallest absolute Gasteiger partial charge is 0.471 e. The Kier molecular flexibility index (Phi) is 3.65. The third-order valence-electron chi connectivity index (χ3n) is 3.19. The molecule has 0 atom stereocenters. The number of alkyl halides is 3. The number of aliphatic carboxylic acids is 1. The average Bonchev–Trinajstić information content (AvgIpc) is 3.02. The van der Waals surface area contributed by atoms with Gasteiger partial charge in [0.25, 0.3) is 0 Å². The maximum Gasteiger partial charge on any atom is 0.471 e. The zero-order valence-electron chi connectivity index (χ0n) is 11.1. The molecule has 0 aromatic carbocycles. The van der Waals surface area contributed by atoms with Gasteiger partial charge < -0.3 is 9.63 Å². The monoisotopic (exact) mass is 333 g/mol. The van der Waals surface area contributed by atoms with Crippen molar-refractivity contribution in [2.24, 2.45) is 0 Å². The second-order valence-electron chi connectivity index (χ2n) is 4.83. The number of halogens is 3. The zero-order valence-corrected chi connectivity index (χ0v) is 11.9. The number of hydrogen-bond acceptors (Lipinski definition) is 6. The lowest BCUT2D eigenvalue weighted by atomic mass is 10.1. The highest BCUT2D eigenvalue weighted by Gasteiger charge is 2.38. The van der Waals surface area contributed by atoms with Crippen molar-refractivity contribution in [3.05, 3.63) is 22.4 Å². The van der Waals surface area contributed by atoms with Crippen LogP contribution in [0, 0.1) is 0 Å². The quantitative estimate of drug-likeness (QED) is 0.928. The van der Waals surface area contributed by atoms with Crippen LogP contribution in [-0.2, 0) is 23.9 Å². The van der Waals surface area contributed by atoms with E-state index < -0.39 is 18.0 Å². The first-order valence-corrected chi connectivity index (χ1v) is 7.11. The Labute approximate surface area is 126 Å². The van der Waals surface area contributed by atoms with Gasteiger partial charge in [-0.2, -0.15) is 18.2 Å². The fourth-order valence-corrected chi connectivity index (χ4v) is 3.36. The van der Waals surface area contributed by atoms with Crippen LogP contribution in [-0.4, -0.2) is 39.2 Å². The molecule has 3 heterocycles. The fourth-order valence-electron chi connectivity index (χ4n) is 2.27. The molecule has 0 saturated carbocycles. The van der Waals surface area contributed by atoms with Crippen molar-refractivity contribution in [2.45, 2.75) is 19.1 Å². The summed E-state index contributed by atoms with van der Waals surface area (Å²) in [6.45, 7) is 0.979. The SMILES string of the molecule is O=C(O)CN1CCc2sc(-c3noc(C(F)(F)F)n3)cc2C1. The van der Waals surface area contributed by atoms with Gasteiger partial charge in [-0.25, -0.2) is 0 Å². The van der Waals surface area contributed by atoms with Crippen molar-refractivity contribution in [1.29, 1.82) is 0 Å².